The zero-order chi connectivity index (χ0) is 17.0. The summed E-state index contributed by atoms with van der Waals surface area (Å²) in [6.45, 7) is 10.2. The molecule has 0 unspecified atom stereocenters. The summed E-state index contributed by atoms with van der Waals surface area (Å²) >= 11 is 1.71. The van der Waals surface area contributed by atoms with Crippen molar-refractivity contribution in [1.82, 2.24) is 20.5 Å². The standard InChI is InChI=1S/C18H30N4OS.2ClH/c1-14-21-16(12-24-14)11-22-9-3-15(4-10-22)17(23)20-13-18(2)5-7-19-8-6-18;;/h12,15,19H,3-11,13H2,1-2H3,(H,20,23);2*1H. The van der Waals surface area contributed by atoms with Gasteiger partial charge in [0, 0.05) is 24.4 Å². The van der Waals surface area contributed by atoms with E-state index in [2.05, 4.69) is 32.8 Å². The van der Waals surface area contributed by atoms with Gasteiger partial charge in [0.05, 0.1) is 10.7 Å². The van der Waals surface area contributed by atoms with Gasteiger partial charge in [0.25, 0.3) is 0 Å². The highest BCUT2D eigenvalue weighted by Gasteiger charge is 2.30. The number of aromatic nitrogens is 1. The number of halogens is 2. The van der Waals surface area contributed by atoms with Crippen LogP contribution in [0.15, 0.2) is 5.38 Å². The Morgan fingerprint density at radius 3 is 2.58 bits per heavy atom. The maximum atomic E-state index is 12.5. The monoisotopic (exact) mass is 422 g/mol. The lowest BCUT2D eigenvalue weighted by molar-refractivity contribution is -0.127. The van der Waals surface area contributed by atoms with E-state index >= 15 is 0 Å². The fraction of sp³-hybridized carbons (Fsp3) is 0.778. The molecule has 26 heavy (non-hydrogen) atoms. The number of nitrogens with one attached hydrogen (secondary N) is 2. The second-order valence-electron chi connectivity index (χ2n) is 7.69. The molecule has 3 rings (SSSR count). The third-order valence-electron chi connectivity index (χ3n) is 5.51. The molecule has 0 radical (unpaired) electrons. The van der Waals surface area contributed by atoms with Gasteiger partial charge in [0.2, 0.25) is 5.91 Å². The van der Waals surface area contributed by atoms with E-state index in [9.17, 15) is 4.79 Å². The number of likely N-dealkylation sites (tertiary alicyclic amines) is 1. The van der Waals surface area contributed by atoms with Crippen molar-refractivity contribution in [2.45, 2.75) is 46.1 Å². The van der Waals surface area contributed by atoms with Gasteiger partial charge in [0.1, 0.15) is 0 Å². The van der Waals surface area contributed by atoms with Gasteiger partial charge in [-0.25, -0.2) is 4.98 Å². The summed E-state index contributed by atoms with van der Waals surface area (Å²) in [5.41, 5.74) is 1.43. The van der Waals surface area contributed by atoms with Gasteiger partial charge in [-0.2, -0.15) is 0 Å². The summed E-state index contributed by atoms with van der Waals surface area (Å²) in [6.07, 6.45) is 4.23. The molecule has 0 spiro atoms. The van der Waals surface area contributed by atoms with E-state index in [1.165, 1.54) is 5.69 Å². The predicted octanol–water partition coefficient (Wildman–Crippen LogP) is 3.01. The molecule has 8 heteroatoms. The molecule has 2 N–H and O–H groups in total. The lowest BCUT2D eigenvalue weighted by atomic mass is 9.81. The molecule has 2 saturated heterocycles. The average Bonchev–Trinajstić information content (AvgIpc) is 2.99. The largest absolute Gasteiger partial charge is 0.355 e. The van der Waals surface area contributed by atoms with E-state index in [1.54, 1.807) is 11.3 Å². The van der Waals surface area contributed by atoms with Crippen LogP contribution >= 0.6 is 36.2 Å². The molecule has 150 valence electrons. The van der Waals surface area contributed by atoms with Crippen molar-refractivity contribution >= 4 is 42.1 Å². The van der Waals surface area contributed by atoms with Gasteiger partial charge < -0.3 is 10.6 Å². The second-order valence-corrected chi connectivity index (χ2v) is 8.75. The number of hydrogen-bond donors (Lipinski definition) is 2. The molecule has 0 aromatic carbocycles. The Morgan fingerprint density at radius 2 is 2.00 bits per heavy atom. The van der Waals surface area contributed by atoms with Crippen LogP contribution in [0.2, 0.25) is 0 Å². The smallest absolute Gasteiger partial charge is 0.223 e. The first-order valence-electron chi connectivity index (χ1n) is 9.16. The molecule has 2 fully saturated rings. The maximum absolute atomic E-state index is 12.5. The highest BCUT2D eigenvalue weighted by atomic mass is 35.5. The number of aryl methyl sites for hydroxylation is 1. The Bertz CT molecular complexity index is 555. The SMILES string of the molecule is Cc1nc(CN2CCC(C(=O)NCC3(C)CCNCC3)CC2)cs1.Cl.Cl. The molecule has 5 nitrogen and oxygen atoms in total. The van der Waals surface area contributed by atoms with Crippen molar-refractivity contribution in [2.75, 3.05) is 32.7 Å². The third kappa shape index (κ3) is 6.64. The average molecular weight is 423 g/mol. The number of thiazole rings is 1. The summed E-state index contributed by atoms with van der Waals surface area (Å²) < 4.78 is 0. The number of carbonyl (C=O) groups excluding carboxylic acids is 1. The van der Waals surface area contributed by atoms with Crippen LogP contribution in [-0.2, 0) is 11.3 Å². The van der Waals surface area contributed by atoms with E-state index in [0.717, 1.165) is 70.0 Å². The van der Waals surface area contributed by atoms with Gasteiger partial charge in [-0.3, -0.25) is 9.69 Å². The van der Waals surface area contributed by atoms with Gasteiger partial charge in [-0.05, 0) is 64.2 Å². The normalized spacial score (nSPS) is 20.7. The van der Waals surface area contributed by atoms with Crippen molar-refractivity contribution in [3.63, 3.8) is 0 Å². The zero-order valence-corrected chi connectivity index (χ0v) is 18.2. The summed E-state index contributed by atoms with van der Waals surface area (Å²) in [6, 6.07) is 0. The van der Waals surface area contributed by atoms with Crippen molar-refractivity contribution in [3.05, 3.63) is 16.1 Å². The van der Waals surface area contributed by atoms with E-state index in [4.69, 9.17) is 0 Å². The van der Waals surface area contributed by atoms with Gasteiger partial charge in [-0.15, -0.1) is 36.2 Å². The first-order valence-corrected chi connectivity index (χ1v) is 10.0. The van der Waals surface area contributed by atoms with E-state index in [-0.39, 0.29) is 42.1 Å². The Hall–Kier alpha value is -0.400. The van der Waals surface area contributed by atoms with Gasteiger partial charge >= 0.3 is 0 Å². The number of piperidine rings is 2. The lowest BCUT2D eigenvalue weighted by Gasteiger charge is -2.35. The summed E-state index contributed by atoms with van der Waals surface area (Å²) in [4.78, 5) is 19.5. The van der Waals surface area contributed by atoms with Crippen LogP contribution in [-0.4, -0.2) is 48.5 Å². The van der Waals surface area contributed by atoms with Crippen molar-refractivity contribution in [1.29, 1.82) is 0 Å². The third-order valence-corrected chi connectivity index (χ3v) is 6.33. The Kier molecular flexibility index (Phi) is 9.83. The minimum Gasteiger partial charge on any atom is -0.355 e. The Morgan fingerprint density at radius 1 is 1.35 bits per heavy atom. The van der Waals surface area contributed by atoms with Crippen molar-refractivity contribution < 1.29 is 4.79 Å². The minimum atomic E-state index is 0. The first-order chi connectivity index (χ1) is 11.5. The van der Waals surface area contributed by atoms with Gasteiger partial charge in [-0.1, -0.05) is 6.92 Å². The molecular weight excluding hydrogens is 391 g/mol. The molecule has 0 saturated carbocycles. The summed E-state index contributed by atoms with van der Waals surface area (Å²) in [5.74, 6) is 0.447. The number of nitrogens with zero attached hydrogens (tertiary/aromatic N) is 2. The van der Waals surface area contributed by atoms with Crippen LogP contribution in [0.25, 0.3) is 0 Å². The van der Waals surface area contributed by atoms with Crippen LogP contribution in [0.5, 0.6) is 0 Å². The number of amides is 1. The minimum absolute atomic E-state index is 0. The van der Waals surface area contributed by atoms with Crippen LogP contribution < -0.4 is 10.6 Å². The summed E-state index contributed by atoms with van der Waals surface area (Å²) in [5, 5.41) is 9.91. The Balaban J connectivity index is 0.00000169. The van der Waals surface area contributed by atoms with Crippen LogP contribution in [0.4, 0.5) is 0 Å². The molecular formula is C18H32Cl2N4OS. The summed E-state index contributed by atoms with van der Waals surface area (Å²) in [7, 11) is 0. The molecule has 1 amide bonds. The number of rotatable bonds is 5. The lowest BCUT2D eigenvalue weighted by Crippen LogP contribution is -2.46. The molecule has 2 aliphatic rings. The van der Waals surface area contributed by atoms with E-state index in [0.29, 0.717) is 0 Å². The van der Waals surface area contributed by atoms with Crippen LogP contribution in [0.3, 0.4) is 0 Å². The molecule has 0 atom stereocenters. The molecule has 1 aromatic heterocycles. The fourth-order valence-electron chi connectivity index (χ4n) is 3.72. The predicted molar refractivity (Wildman–Crippen MR) is 113 cm³/mol. The highest BCUT2D eigenvalue weighted by Crippen LogP contribution is 2.27. The van der Waals surface area contributed by atoms with Crippen LogP contribution in [0.1, 0.15) is 43.3 Å². The van der Waals surface area contributed by atoms with Crippen molar-refractivity contribution in [3.8, 4) is 0 Å². The first kappa shape index (κ1) is 23.6. The fourth-order valence-corrected chi connectivity index (χ4v) is 4.32. The van der Waals surface area contributed by atoms with E-state index < -0.39 is 0 Å². The Labute approximate surface area is 173 Å². The second kappa shape index (κ2) is 10.8. The van der Waals surface area contributed by atoms with Crippen molar-refractivity contribution in [2.24, 2.45) is 11.3 Å². The zero-order valence-electron chi connectivity index (χ0n) is 15.8. The highest BCUT2D eigenvalue weighted by molar-refractivity contribution is 7.09. The number of hydrogen-bond acceptors (Lipinski definition) is 5. The van der Waals surface area contributed by atoms with E-state index in [1.807, 2.05) is 6.92 Å². The molecule has 2 aliphatic heterocycles. The maximum Gasteiger partial charge on any atom is 0.223 e. The molecule has 0 aliphatic carbocycles. The topological polar surface area (TPSA) is 57.3 Å². The molecule has 1 aromatic rings. The quantitative estimate of drug-likeness (QED) is 0.765. The number of carbonyl (C=O) groups is 1. The van der Waals surface area contributed by atoms with Crippen LogP contribution in [0, 0.1) is 18.3 Å². The molecule has 0 bridgehead atoms. The van der Waals surface area contributed by atoms with Gasteiger partial charge in [0.15, 0.2) is 0 Å². The molecule has 3 heterocycles.